The van der Waals surface area contributed by atoms with E-state index >= 15 is 0 Å². The summed E-state index contributed by atoms with van der Waals surface area (Å²) in [6.45, 7) is 13.5. The van der Waals surface area contributed by atoms with Crippen molar-refractivity contribution in [1.82, 2.24) is 0 Å². The first kappa shape index (κ1) is 22.2. The molecule has 19 heavy (non-hydrogen) atoms. The third-order valence-electron chi connectivity index (χ3n) is 3.16. The van der Waals surface area contributed by atoms with Crippen molar-refractivity contribution in [2.24, 2.45) is 0 Å². The average Bonchev–Trinajstić information content (AvgIpc) is 2.48. The van der Waals surface area contributed by atoms with Crippen molar-refractivity contribution < 1.29 is 49.7 Å². The normalized spacial score (nSPS) is 17.1. The summed E-state index contributed by atoms with van der Waals surface area (Å²) in [4.78, 5) is 0. The van der Waals surface area contributed by atoms with Crippen LogP contribution >= 0.6 is 0 Å². The minimum atomic E-state index is -1.68. The standard InChI is InChI=1S/C14H25OSi.2ClH.Ti/c1-7-13(12-10-8-9-11-12)16(5,6)15-14(2,3)4;;;/h8,10,13H,7,9H2,1-6H3;2*1H;/q;;;+2/p-2. The van der Waals surface area contributed by atoms with Gasteiger partial charge >= 0.3 is 120 Å². The summed E-state index contributed by atoms with van der Waals surface area (Å²) in [7, 11) is -1.68. The third kappa shape index (κ3) is 6.50. The second-order valence-electron chi connectivity index (χ2n) is 6.32. The zero-order chi connectivity index (χ0) is 13.3. The maximum absolute atomic E-state index is 6.41. The second kappa shape index (κ2) is 8.41. The van der Waals surface area contributed by atoms with Crippen LogP contribution in [0.25, 0.3) is 0 Å². The molecule has 1 atom stereocenters. The van der Waals surface area contributed by atoms with E-state index in [4.69, 9.17) is 4.43 Å². The Morgan fingerprint density at radius 3 is 2.16 bits per heavy atom. The van der Waals surface area contributed by atoms with Crippen molar-refractivity contribution >= 4 is 8.32 Å². The Morgan fingerprint density at radius 2 is 1.84 bits per heavy atom. The summed E-state index contributed by atoms with van der Waals surface area (Å²) in [5, 5.41) is 0. The maximum Gasteiger partial charge on any atom is -1.00 e. The summed E-state index contributed by atoms with van der Waals surface area (Å²) in [5.41, 5.74) is 2.15. The van der Waals surface area contributed by atoms with Gasteiger partial charge in [-0.25, -0.2) is 0 Å². The van der Waals surface area contributed by atoms with Crippen LogP contribution in [0, 0.1) is 0 Å². The predicted octanol–water partition coefficient (Wildman–Crippen LogP) is -1.44. The van der Waals surface area contributed by atoms with E-state index in [2.05, 4.69) is 73.4 Å². The number of allylic oxidation sites excluding steroid dienone is 4. The molecule has 1 rings (SSSR count). The summed E-state index contributed by atoms with van der Waals surface area (Å²) in [5.74, 6) is 0. The van der Waals surface area contributed by atoms with Crippen LogP contribution in [-0.2, 0) is 24.9 Å². The molecule has 1 unspecified atom stereocenters. The molecule has 0 saturated heterocycles. The van der Waals surface area contributed by atoms with E-state index in [1.807, 2.05) is 0 Å². The van der Waals surface area contributed by atoms with Gasteiger partial charge in [-0.05, 0) is 0 Å². The Hall–Kier alpha value is 0.951. The van der Waals surface area contributed by atoms with Gasteiger partial charge in [0.2, 0.25) is 0 Å². The molecule has 0 spiro atoms. The van der Waals surface area contributed by atoms with E-state index in [0.29, 0.717) is 5.54 Å². The van der Waals surface area contributed by atoms with E-state index < -0.39 is 8.32 Å². The zero-order valence-corrected chi connectivity index (χ0v) is 16.9. The van der Waals surface area contributed by atoms with Gasteiger partial charge in [0, 0.05) is 0 Å². The number of hydrogen-bond donors (Lipinski definition) is 0. The smallest absolute Gasteiger partial charge is 1.00 e. The molecule has 0 aromatic rings. The fourth-order valence-electron chi connectivity index (χ4n) is 2.79. The molecule has 0 amide bonds. The fourth-order valence-corrected chi connectivity index (χ4v) is 7.33. The van der Waals surface area contributed by atoms with Crippen LogP contribution in [0.1, 0.15) is 40.5 Å². The Morgan fingerprint density at radius 1 is 1.32 bits per heavy atom. The Kier molecular flexibility index (Phi) is 9.84. The van der Waals surface area contributed by atoms with Crippen molar-refractivity contribution in [3.8, 4) is 0 Å². The van der Waals surface area contributed by atoms with Gasteiger partial charge in [-0.2, -0.15) is 0 Å². The van der Waals surface area contributed by atoms with Crippen LogP contribution in [0.4, 0.5) is 0 Å². The SMILES string of the molecule is CCC(C1=[C]([Ti+2])CC=C1)[Si](C)(C)OC(C)(C)C.[Cl-].[Cl-]. The van der Waals surface area contributed by atoms with Crippen LogP contribution in [-0.4, -0.2) is 13.9 Å². The van der Waals surface area contributed by atoms with E-state index in [0.717, 1.165) is 6.42 Å². The summed E-state index contributed by atoms with van der Waals surface area (Å²) >= 11 is 2.26. The van der Waals surface area contributed by atoms with Crippen molar-refractivity contribution in [2.75, 3.05) is 0 Å². The fraction of sp³-hybridized carbons (Fsp3) is 0.714. The molecule has 1 aliphatic carbocycles. The number of hydrogen-bond acceptors (Lipinski definition) is 1. The van der Waals surface area contributed by atoms with Gasteiger partial charge in [-0.1, -0.05) is 0 Å². The van der Waals surface area contributed by atoms with Crippen LogP contribution in [0.3, 0.4) is 0 Å². The molecule has 1 aliphatic rings. The molecule has 0 aliphatic heterocycles. The summed E-state index contributed by atoms with van der Waals surface area (Å²) < 4.78 is 7.95. The first-order valence-electron chi connectivity index (χ1n) is 6.48. The Labute approximate surface area is 144 Å². The molecule has 0 saturated carbocycles. The first-order chi connectivity index (χ1) is 7.67. The maximum atomic E-state index is 6.41. The molecule has 0 aromatic heterocycles. The topological polar surface area (TPSA) is 9.23 Å². The van der Waals surface area contributed by atoms with E-state index in [1.165, 1.54) is 10.3 Å². The largest absolute Gasteiger partial charge is 1.00 e. The molecule has 0 fully saturated rings. The number of rotatable bonds is 4. The van der Waals surface area contributed by atoms with E-state index in [1.54, 1.807) is 5.57 Å². The van der Waals surface area contributed by atoms with Gasteiger partial charge < -0.3 is 24.8 Å². The van der Waals surface area contributed by atoms with Gasteiger partial charge in [0.25, 0.3) is 0 Å². The van der Waals surface area contributed by atoms with Crippen molar-refractivity contribution in [3.05, 3.63) is 21.6 Å². The minimum Gasteiger partial charge on any atom is -1.00 e. The van der Waals surface area contributed by atoms with Gasteiger partial charge in [-0.3, -0.25) is 0 Å². The molecule has 0 heterocycles. The molecular weight excluding hydrogens is 331 g/mol. The zero-order valence-electron chi connectivity index (χ0n) is 12.8. The van der Waals surface area contributed by atoms with Crippen molar-refractivity contribution in [2.45, 2.75) is 64.8 Å². The van der Waals surface area contributed by atoms with Gasteiger partial charge in [-0.15, -0.1) is 0 Å². The van der Waals surface area contributed by atoms with Crippen molar-refractivity contribution in [1.29, 1.82) is 0 Å². The molecule has 109 valence electrons. The van der Waals surface area contributed by atoms with Gasteiger partial charge in [0.05, 0.1) is 0 Å². The first-order valence-corrected chi connectivity index (χ1v) is 10.3. The van der Waals surface area contributed by atoms with Gasteiger partial charge in [0.15, 0.2) is 0 Å². The average molecular weight is 356 g/mol. The molecule has 5 heteroatoms. The van der Waals surface area contributed by atoms with E-state index in [9.17, 15) is 0 Å². The number of halogens is 2. The second-order valence-corrected chi connectivity index (χ2v) is 11.4. The Bertz CT molecular complexity index is 346. The molecule has 0 bridgehead atoms. The Balaban J connectivity index is 0. The molecule has 0 aromatic carbocycles. The van der Waals surface area contributed by atoms with Crippen LogP contribution in [0.5, 0.6) is 0 Å². The minimum absolute atomic E-state index is 0. The summed E-state index contributed by atoms with van der Waals surface area (Å²) in [6.07, 6.45) is 6.93. The van der Waals surface area contributed by atoms with E-state index in [-0.39, 0.29) is 30.4 Å². The third-order valence-corrected chi connectivity index (χ3v) is 7.47. The molecular formula is C14H25Cl2OSiTi. The van der Waals surface area contributed by atoms with Crippen LogP contribution in [0.15, 0.2) is 21.6 Å². The molecule has 1 nitrogen and oxygen atoms in total. The van der Waals surface area contributed by atoms with Crippen LogP contribution < -0.4 is 24.8 Å². The van der Waals surface area contributed by atoms with Crippen LogP contribution in [0.2, 0.25) is 18.6 Å². The van der Waals surface area contributed by atoms with Crippen molar-refractivity contribution in [3.63, 3.8) is 0 Å². The summed E-state index contributed by atoms with van der Waals surface area (Å²) in [6, 6.07) is 0. The predicted molar refractivity (Wildman–Crippen MR) is 73.1 cm³/mol. The molecule has 0 radical (unpaired) electrons. The molecule has 0 N–H and O–H groups in total. The monoisotopic (exact) mass is 355 g/mol. The quantitative estimate of drug-likeness (QED) is 0.561. The van der Waals surface area contributed by atoms with Gasteiger partial charge in [0.1, 0.15) is 0 Å².